The fourth-order valence-corrected chi connectivity index (χ4v) is 2.36. The Morgan fingerprint density at radius 3 is 2.24 bits per heavy atom. The maximum Gasteiger partial charge on any atom is 0.411 e. The molecule has 2 N–H and O–H groups in total. The summed E-state index contributed by atoms with van der Waals surface area (Å²) in [6.07, 6.45) is -2.50. The second-order valence-corrected chi connectivity index (χ2v) is 5.43. The van der Waals surface area contributed by atoms with Crippen LogP contribution in [0.2, 0.25) is 0 Å². The molecule has 1 rings (SSSR count). The van der Waals surface area contributed by atoms with Gasteiger partial charge in [-0.1, -0.05) is 0 Å². The lowest BCUT2D eigenvalue weighted by Gasteiger charge is -2.26. The van der Waals surface area contributed by atoms with E-state index >= 15 is 0 Å². The predicted octanol–water partition coefficient (Wildman–Crippen LogP) is 1.96. The lowest BCUT2D eigenvalue weighted by molar-refractivity contribution is -0.175. The highest BCUT2D eigenvalue weighted by Gasteiger charge is 2.31. The first-order valence-electron chi connectivity index (χ1n) is 6.86. The number of alkyl halides is 3. The van der Waals surface area contributed by atoms with Crippen LogP contribution in [-0.2, 0) is 14.3 Å². The average molecular weight is 311 g/mol. The Morgan fingerprint density at radius 2 is 1.76 bits per heavy atom. The smallest absolute Gasteiger partial charge is 0.411 e. The van der Waals surface area contributed by atoms with Crippen molar-refractivity contribution in [3.63, 3.8) is 0 Å². The van der Waals surface area contributed by atoms with E-state index in [1.165, 1.54) is 0 Å². The zero-order chi connectivity index (χ0) is 16.0. The molecule has 122 valence electrons. The largest absolute Gasteiger partial charge is 0.481 e. The highest BCUT2D eigenvalue weighted by molar-refractivity contribution is 5.79. The molecule has 0 bridgehead atoms. The molecule has 0 aromatic rings. The van der Waals surface area contributed by atoms with Gasteiger partial charge in [-0.05, 0) is 32.6 Å². The number of carboxylic acid groups (broad SMARTS) is 1. The van der Waals surface area contributed by atoms with Crippen molar-refractivity contribution in [2.24, 2.45) is 11.8 Å². The molecule has 1 aliphatic carbocycles. The average Bonchev–Trinajstić information content (AvgIpc) is 2.37. The van der Waals surface area contributed by atoms with Gasteiger partial charge in [0.15, 0.2) is 0 Å². The summed E-state index contributed by atoms with van der Waals surface area (Å²) in [4.78, 5) is 22.7. The van der Waals surface area contributed by atoms with Crippen molar-refractivity contribution in [1.29, 1.82) is 0 Å². The van der Waals surface area contributed by atoms with E-state index < -0.39 is 30.7 Å². The number of hydrogen-bond donors (Lipinski definition) is 2. The quantitative estimate of drug-likeness (QED) is 0.786. The molecule has 1 saturated carbocycles. The van der Waals surface area contributed by atoms with E-state index in [0.29, 0.717) is 25.7 Å². The van der Waals surface area contributed by atoms with E-state index in [4.69, 9.17) is 5.11 Å². The number of hydrogen-bond acceptors (Lipinski definition) is 3. The first-order valence-corrected chi connectivity index (χ1v) is 6.86. The molecule has 0 saturated heterocycles. The molecular weight excluding hydrogens is 291 g/mol. The molecule has 0 aliphatic heterocycles. The Labute approximate surface area is 120 Å². The molecule has 0 aromatic heterocycles. The minimum Gasteiger partial charge on any atom is -0.481 e. The molecule has 8 heteroatoms. The maximum atomic E-state index is 11.9. The van der Waals surface area contributed by atoms with Crippen molar-refractivity contribution >= 4 is 11.9 Å². The van der Waals surface area contributed by atoms with Gasteiger partial charge >= 0.3 is 12.1 Å². The van der Waals surface area contributed by atoms with E-state index in [-0.39, 0.29) is 18.4 Å². The maximum absolute atomic E-state index is 11.9. The van der Waals surface area contributed by atoms with Crippen molar-refractivity contribution < 1.29 is 32.6 Å². The van der Waals surface area contributed by atoms with Crippen LogP contribution in [-0.4, -0.2) is 42.4 Å². The first kappa shape index (κ1) is 17.7. The van der Waals surface area contributed by atoms with Crippen LogP contribution in [0.15, 0.2) is 0 Å². The highest BCUT2D eigenvalue weighted by atomic mass is 19.4. The molecule has 0 spiro atoms. The van der Waals surface area contributed by atoms with Crippen LogP contribution in [0.25, 0.3) is 0 Å². The van der Waals surface area contributed by atoms with Gasteiger partial charge in [-0.15, -0.1) is 0 Å². The molecule has 0 radical (unpaired) electrons. The zero-order valence-corrected chi connectivity index (χ0v) is 11.8. The van der Waals surface area contributed by atoms with Crippen LogP contribution in [0.3, 0.4) is 0 Å². The van der Waals surface area contributed by atoms with Gasteiger partial charge in [0, 0.05) is 12.0 Å². The van der Waals surface area contributed by atoms with Gasteiger partial charge in [0.1, 0.15) is 6.61 Å². The molecule has 0 heterocycles. The Hall–Kier alpha value is -1.31. The van der Waals surface area contributed by atoms with Crippen LogP contribution >= 0.6 is 0 Å². The number of amides is 1. The van der Waals surface area contributed by atoms with Gasteiger partial charge in [0.25, 0.3) is 0 Å². The van der Waals surface area contributed by atoms with Crippen molar-refractivity contribution in [3.8, 4) is 0 Å². The normalized spacial score (nSPS) is 24.4. The summed E-state index contributed by atoms with van der Waals surface area (Å²) in [5.74, 6) is -1.77. The number of halogens is 3. The van der Waals surface area contributed by atoms with Gasteiger partial charge in [-0.25, -0.2) is 0 Å². The van der Waals surface area contributed by atoms with Crippen LogP contribution in [0, 0.1) is 11.8 Å². The molecular formula is C13H20F3NO4. The lowest BCUT2D eigenvalue weighted by atomic mass is 9.81. The van der Waals surface area contributed by atoms with Crippen molar-refractivity contribution in [2.45, 2.75) is 44.8 Å². The number of carboxylic acids is 1. The standard InChI is InChI=1S/C13H20F3NO4/c1-8(6-21-7-13(14,15)16)17-11(18)9-2-4-10(5-3-9)12(19)20/h8-10H,2-7H2,1H3,(H,17,18)(H,19,20). The van der Waals surface area contributed by atoms with Crippen LogP contribution in [0.4, 0.5) is 13.2 Å². The van der Waals surface area contributed by atoms with E-state index in [0.717, 1.165) is 0 Å². The Morgan fingerprint density at radius 1 is 1.24 bits per heavy atom. The van der Waals surface area contributed by atoms with Gasteiger partial charge in [-0.3, -0.25) is 9.59 Å². The third-order valence-corrected chi connectivity index (χ3v) is 3.47. The molecule has 1 atom stereocenters. The summed E-state index contributed by atoms with van der Waals surface area (Å²) < 4.78 is 40.2. The lowest BCUT2D eigenvalue weighted by Crippen LogP contribution is -2.41. The number of carbonyl (C=O) groups is 2. The number of carbonyl (C=O) groups excluding carboxylic acids is 1. The number of nitrogens with one attached hydrogen (secondary N) is 1. The molecule has 1 amide bonds. The molecule has 21 heavy (non-hydrogen) atoms. The van der Waals surface area contributed by atoms with Crippen LogP contribution in [0.5, 0.6) is 0 Å². The van der Waals surface area contributed by atoms with Gasteiger partial charge in [0.2, 0.25) is 5.91 Å². The van der Waals surface area contributed by atoms with Gasteiger partial charge in [-0.2, -0.15) is 13.2 Å². The minimum atomic E-state index is -4.38. The minimum absolute atomic E-state index is 0.213. The second-order valence-electron chi connectivity index (χ2n) is 5.43. The molecule has 5 nitrogen and oxygen atoms in total. The third-order valence-electron chi connectivity index (χ3n) is 3.47. The van der Waals surface area contributed by atoms with E-state index in [9.17, 15) is 22.8 Å². The number of aliphatic carboxylic acids is 1. The SMILES string of the molecule is CC(COCC(F)(F)F)NC(=O)C1CCC(C(=O)O)CC1. The number of ether oxygens (including phenoxy) is 1. The van der Waals surface area contributed by atoms with E-state index in [1.807, 2.05) is 0 Å². The fourth-order valence-electron chi connectivity index (χ4n) is 2.36. The van der Waals surface area contributed by atoms with Crippen molar-refractivity contribution in [2.75, 3.05) is 13.2 Å². The highest BCUT2D eigenvalue weighted by Crippen LogP contribution is 2.29. The molecule has 1 unspecified atom stereocenters. The first-order chi connectivity index (χ1) is 9.69. The predicted molar refractivity (Wildman–Crippen MR) is 67.6 cm³/mol. The monoisotopic (exact) mass is 311 g/mol. The zero-order valence-electron chi connectivity index (χ0n) is 11.8. The topological polar surface area (TPSA) is 75.6 Å². The summed E-state index contributed by atoms with van der Waals surface area (Å²) in [5.41, 5.74) is 0. The summed E-state index contributed by atoms with van der Waals surface area (Å²) in [5, 5.41) is 11.5. The van der Waals surface area contributed by atoms with Crippen molar-refractivity contribution in [3.05, 3.63) is 0 Å². The van der Waals surface area contributed by atoms with Crippen LogP contribution in [0.1, 0.15) is 32.6 Å². The molecule has 1 fully saturated rings. The van der Waals surface area contributed by atoms with Gasteiger partial charge < -0.3 is 15.2 Å². The van der Waals surface area contributed by atoms with E-state index in [2.05, 4.69) is 10.1 Å². The summed E-state index contributed by atoms with van der Waals surface area (Å²) in [6, 6.07) is -0.517. The van der Waals surface area contributed by atoms with Gasteiger partial charge in [0.05, 0.1) is 12.5 Å². The fraction of sp³-hybridized carbons (Fsp3) is 0.846. The number of rotatable bonds is 6. The van der Waals surface area contributed by atoms with Crippen molar-refractivity contribution in [1.82, 2.24) is 5.32 Å². The Bertz CT molecular complexity index is 365. The molecule has 1 aliphatic rings. The van der Waals surface area contributed by atoms with Crippen LogP contribution < -0.4 is 5.32 Å². The third kappa shape index (κ3) is 6.79. The second kappa shape index (κ2) is 7.63. The van der Waals surface area contributed by atoms with E-state index in [1.54, 1.807) is 6.92 Å². The Balaban J connectivity index is 2.25. The summed E-state index contributed by atoms with van der Waals surface area (Å²) >= 11 is 0. The summed E-state index contributed by atoms with van der Waals surface area (Å²) in [7, 11) is 0. The summed E-state index contributed by atoms with van der Waals surface area (Å²) in [6.45, 7) is 0.0177. The molecule has 0 aromatic carbocycles. The Kier molecular flexibility index (Phi) is 6.44.